The Morgan fingerprint density at radius 3 is 2.74 bits per heavy atom. The number of aryl methyl sites for hydroxylation is 1. The number of hydrogen-bond donors (Lipinski definition) is 2. The molecule has 2 aromatic heterocycles. The van der Waals surface area contributed by atoms with Gasteiger partial charge in [-0.3, -0.25) is 0 Å². The summed E-state index contributed by atoms with van der Waals surface area (Å²) in [4.78, 5) is 17.1. The smallest absolute Gasteiger partial charge is 0.315 e. The maximum Gasteiger partial charge on any atom is 0.315 e. The summed E-state index contributed by atoms with van der Waals surface area (Å²) in [7, 11) is 3.51. The summed E-state index contributed by atoms with van der Waals surface area (Å²) in [6.07, 6.45) is 7.19. The first-order chi connectivity index (χ1) is 15.1. The van der Waals surface area contributed by atoms with Crippen molar-refractivity contribution in [3.05, 3.63) is 96.3 Å². The fourth-order valence-electron chi connectivity index (χ4n) is 3.31. The van der Waals surface area contributed by atoms with E-state index in [1.54, 1.807) is 24.2 Å². The number of carbonyl (C=O) groups is 1. The van der Waals surface area contributed by atoms with E-state index >= 15 is 0 Å². The number of imidazole rings is 1. The standard InChI is InChI=1S/C23H24N6O2/c1-28-12-11-24-22(28)21(18-7-6-10-20(13-18)31-2)27-23(30)25-14-17-15-26-29(16-17)19-8-4-3-5-9-19/h3-13,15-16,21H,14H2,1-2H3,(H2,25,27,30)/t21-/m0/s1. The van der Waals surface area contributed by atoms with Crippen molar-refractivity contribution in [2.24, 2.45) is 7.05 Å². The highest BCUT2D eigenvalue weighted by molar-refractivity contribution is 5.74. The molecule has 0 aliphatic heterocycles. The van der Waals surface area contributed by atoms with Crippen LogP contribution >= 0.6 is 0 Å². The van der Waals surface area contributed by atoms with Crippen LogP contribution in [-0.2, 0) is 13.6 Å². The van der Waals surface area contributed by atoms with Crippen molar-refractivity contribution in [2.75, 3.05) is 7.11 Å². The van der Waals surface area contributed by atoms with Crippen LogP contribution in [0.4, 0.5) is 4.79 Å². The largest absolute Gasteiger partial charge is 0.497 e. The third-order valence-electron chi connectivity index (χ3n) is 4.93. The molecule has 0 saturated heterocycles. The molecular weight excluding hydrogens is 392 g/mol. The molecule has 0 aliphatic carbocycles. The van der Waals surface area contributed by atoms with Gasteiger partial charge in [0.05, 0.1) is 19.0 Å². The minimum atomic E-state index is -0.429. The quantitative estimate of drug-likeness (QED) is 0.484. The summed E-state index contributed by atoms with van der Waals surface area (Å²) in [5, 5.41) is 10.3. The van der Waals surface area contributed by atoms with Crippen molar-refractivity contribution in [3.63, 3.8) is 0 Å². The number of aromatic nitrogens is 4. The Hall–Kier alpha value is -4.07. The minimum Gasteiger partial charge on any atom is -0.497 e. The molecule has 31 heavy (non-hydrogen) atoms. The van der Waals surface area contributed by atoms with Crippen LogP contribution < -0.4 is 15.4 Å². The zero-order chi connectivity index (χ0) is 21.6. The molecule has 0 fully saturated rings. The number of amides is 2. The topological polar surface area (TPSA) is 86.0 Å². The number of nitrogens with zero attached hydrogens (tertiary/aromatic N) is 4. The van der Waals surface area contributed by atoms with Gasteiger partial charge in [-0.05, 0) is 29.8 Å². The van der Waals surface area contributed by atoms with Crippen LogP contribution in [0.25, 0.3) is 5.69 Å². The second-order valence-corrected chi connectivity index (χ2v) is 7.06. The Kier molecular flexibility index (Phi) is 5.98. The number of para-hydroxylation sites is 1. The molecule has 0 aliphatic rings. The van der Waals surface area contributed by atoms with Crippen molar-refractivity contribution < 1.29 is 9.53 Å². The van der Waals surface area contributed by atoms with E-state index < -0.39 is 6.04 Å². The Morgan fingerprint density at radius 2 is 2.00 bits per heavy atom. The molecule has 1 atom stereocenters. The summed E-state index contributed by atoms with van der Waals surface area (Å²) < 4.78 is 9.00. The number of ether oxygens (including phenoxy) is 1. The van der Waals surface area contributed by atoms with Crippen molar-refractivity contribution >= 4 is 6.03 Å². The lowest BCUT2D eigenvalue weighted by Gasteiger charge is -2.20. The van der Waals surface area contributed by atoms with E-state index in [0.717, 1.165) is 22.6 Å². The van der Waals surface area contributed by atoms with Crippen molar-refractivity contribution in [3.8, 4) is 11.4 Å². The van der Waals surface area contributed by atoms with E-state index in [2.05, 4.69) is 20.7 Å². The van der Waals surface area contributed by atoms with E-state index in [4.69, 9.17) is 4.74 Å². The molecule has 4 aromatic rings. The molecule has 0 saturated carbocycles. The van der Waals surface area contributed by atoms with Gasteiger partial charge in [0.2, 0.25) is 0 Å². The Balaban J connectivity index is 1.46. The first-order valence-electron chi connectivity index (χ1n) is 9.88. The van der Waals surface area contributed by atoms with Crippen molar-refractivity contribution in [2.45, 2.75) is 12.6 Å². The van der Waals surface area contributed by atoms with Crippen LogP contribution in [0.15, 0.2) is 79.4 Å². The summed E-state index contributed by atoms with van der Waals surface area (Å²) in [5.41, 5.74) is 2.74. The molecule has 2 aromatic carbocycles. The zero-order valence-corrected chi connectivity index (χ0v) is 17.4. The molecule has 8 nitrogen and oxygen atoms in total. The van der Waals surface area contributed by atoms with Gasteiger partial charge in [-0.25, -0.2) is 14.5 Å². The number of carbonyl (C=O) groups excluding carboxylic acids is 1. The molecule has 4 rings (SSSR count). The van der Waals surface area contributed by atoms with E-state index in [9.17, 15) is 4.79 Å². The number of methoxy groups -OCH3 is 1. The van der Waals surface area contributed by atoms with Crippen LogP contribution in [0.5, 0.6) is 5.75 Å². The van der Waals surface area contributed by atoms with Crippen LogP contribution in [-0.4, -0.2) is 32.5 Å². The molecule has 8 heteroatoms. The van der Waals surface area contributed by atoms with E-state index in [1.807, 2.05) is 78.6 Å². The Bertz CT molecular complexity index is 1150. The first kappa shape index (κ1) is 20.2. The molecular formula is C23H24N6O2. The average molecular weight is 416 g/mol. The van der Waals surface area contributed by atoms with E-state index in [0.29, 0.717) is 12.3 Å². The van der Waals surface area contributed by atoms with E-state index in [1.165, 1.54) is 0 Å². The molecule has 2 heterocycles. The highest BCUT2D eigenvalue weighted by Crippen LogP contribution is 2.24. The summed E-state index contributed by atoms with van der Waals surface area (Å²) in [6, 6.07) is 16.7. The molecule has 2 amide bonds. The Morgan fingerprint density at radius 1 is 1.16 bits per heavy atom. The van der Waals surface area contributed by atoms with E-state index in [-0.39, 0.29) is 6.03 Å². The average Bonchev–Trinajstić information content (AvgIpc) is 3.46. The van der Waals surface area contributed by atoms with Gasteiger partial charge in [0, 0.05) is 37.7 Å². The van der Waals surface area contributed by atoms with Crippen molar-refractivity contribution in [1.29, 1.82) is 0 Å². The lowest BCUT2D eigenvalue weighted by atomic mass is 10.1. The zero-order valence-electron chi connectivity index (χ0n) is 17.4. The van der Waals surface area contributed by atoms with Gasteiger partial charge >= 0.3 is 6.03 Å². The summed E-state index contributed by atoms with van der Waals surface area (Å²) in [6.45, 7) is 0.351. The monoisotopic (exact) mass is 416 g/mol. The van der Waals surface area contributed by atoms with Gasteiger partial charge in [-0.2, -0.15) is 5.10 Å². The number of nitrogens with one attached hydrogen (secondary N) is 2. The number of hydrogen-bond acceptors (Lipinski definition) is 4. The fraction of sp³-hybridized carbons (Fsp3) is 0.174. The lowest BCUT2D eigenvalue weighted by molar-refractivity contribution is 0.237. The predicted octanol–water partition coefficient (Wildman–Crippen LogP) is 3.20. The molecule has 0 bridgehead atoms. The van der Waals surface area contributed by atoms with Gasteiger partial charge in [0.15, 0.2) is 0 Å². The van der Waals surface area contributed by atoms with Crippen LogP contribution in [0, 0.1) is 0 Å². The summed E-state index contributed by atoms with van der Waals surface area (Å²) >= 11 is 0. The second kappa shape index (κ2) is 9.17. The molecule has 0 radical (unpaired) electrons. The van der Waals surface area contributed by atoms with Crippen LogP contribution in [0.1, 0.15) is 23.0 Å². The maximum atomic E-state index is 12.7. The fourth-order valence-corrected chi connectivity index (χ4v) is 3.31. The Labute approximate surface area is 180 Å². The van der Waals surface area contributed by atoms with Gasteiger partial charge in [-0.15, -0.1) is 0 Å². The van der Waals surface area contributed by atoms with Gasteiger partial charge in [-0.1, -0.05) is 30.3 Å². The number of benzene rings is 2. The first-order valence-corrected chi connectivity index (χ1v) is 9.88. The third-order valence-corrected chi connectivity index (χ3v) is 4.93. The predicted molar refractivity (Wildman–Crippen MR) is 117 cm³/mol. The van der Waals surface area contributed by atoms with Gasteiger partial charge < -0.3 is 19.9 Å². The summed E-state index contributed by atoms with van der Waals surface area (Å²) in [5.74, 6) is 1.44. The van der Waals surface area contributed by atoms with Gasteiger partial charge in [0.1, 0.15) is 17.6 Å². The lowest BCUT2D eigenvalue weighted by Crippen LogP contribution is -2.38. The second-order valence-electron chi connectivity index (χ2n) is 7.06. The highest BCUT2D eigenvalue weighted by atomic mass is 16.5. The minimum absolute atomic E-state index is 0.303. The van der Waals surface area contributed by atoms with Crippen LogP contribution in [0.2, 0.25) is 0 Å². The molecule has 0 spiro atoms. The molecule has 0 unspecified atom stereocenters. The molecule has 2 N–H and O–H groups in total. The van der Waals surface area contributed by atoms with Crippen LogP contribution in [0.3, 0.4) is 0 Å². The van der Waals surface area contributed by atoms with Gasteiger partial charge in [0.25, 0.3) is 0 Å². The SMILES string of the molecule is COc1cccc([C@H](NC(=O)NCc2cnn(-c3ccccc3)c2)c2nccn2C)c1. The van der Waals surface area contributed by atoms with Crippen molar-refractivity contribution in [1.82, 2.24) is 30.0 Å². The highest BCUT2D eigenvalue weighted by Gasteiger charge is 2.21. The normalized spacial score (nSPS) is 11.7. The third kappa shape index (κ3) is 4.75. The number of rotatable bonds is 7. The molecule has 158 valence electrons. The number of urea groups is 1. The maximum absolute atomic E-state index is 12.7.